The molecule has 0 spiro atoms. The number of carbonyl (C=O) groups is 1. The van der Waals surface area contributed by atoms with Crippen molar-refractivity contribution in [1.82, 2.24) is 15.5 Å². The van der Waals surface area contributed by atoms with Gasteiger partial charge in [-0.2, -0.15) is 0 Å². The number of hydrogen-bond acceptors (Lipinski definition) is 3. The van der Waals surface area contributed by atoms with E-state index in [2.05, 4.69) is 15.5 Å². The minimum Gasteiger partial charge on any atom is -0.468 e. The Hall–Kier alpha value is -2.41. The number of rotatable bonds is 6. The van der Waals surface area contributed by atoms with Gasteiger partial charge >= 0.3 is 6.03 Å². The van der Waals surface area contributed by atoms with E-state index in [1.54, 1.807) is 13.2 Å². The summed E-state index contributed by atoms with van der Waals surface area (Å²) in [6, 6.07) is 6.55. The Kier molecular flexibility index (Phi) is 6.45. The molecule has 1 aliphatic rings. The molecule has 0 saturated carbocycles. The fourth-order valence-electron chi connectivity index (χ4n) is 3.42. The number of amides is 2. The largest absolute Gasteiger partial charge is 0.468 e. The van der Waals surface area contributed by atoms with Crippen LogP contribution in [0.25, 0.3) is 0 Å². The molecular weight excluding hydrogens is 352 g/mol. The molecule has 0 bridgehead atoms. The third-order valence-electron chi connectivity index (χ3n) is 4.95. The normalized spacial score (nSPS) is 17.3. The summed E-state index contributed by atoms with van der Waals surface area (Å²) in [7, 11) is 0. The summed E-state index contributed by atoms with van der Waals surface area (Å²) in [5.41, 5.74) is 0.502. The lowest BCUT2D eigenvalue weighted by Gasteiger charge is -2.33. The van der Waals surface area contributed by atoms with Gasteiger partial charge in [-0.1, -0.05) is 12.5 Å². The highest BCUT2D eigenvalue weighted by Crippen LogP contribution is 2.24. The van der Waals surface area contributed by atoms with Crippen molar-refractivity contribution in [2.24, 2.45) is 0 Å². The van der Waals surface area contributed by atoms with Crippen LogP contribution in [-0.4, -0.2) is 30.6 Å². The van der Waals surface area contributed by atoms with Crippen LogP contribution < -0.4 is 10.6 Å². The summed E-state index contributed by atoms with van der Waals surface area (Å²) in [5, 5.41) is 5.63. The van der Waals surface area contributed by atoms with E-state index in [9.17, 15) is 13.6 Å². The Morgan fingerprint density at radius 2 is 1.96 bits per heavy atom. The van der Waals surface area contributed by atoms with E-state index in [1.165, 1.54) is 12.5 Å². The number of piperidine rings is 1. The van der Waals surface area contributed by atoms with Crippen molar-refractivity contribution in [3.05, 3.63) is 59.6 Å². The zero-order chi connectivity index (χ0) is 19.2. The average Bonchev–Trinajstić information content (AvgIpc) is 3.19. The van der Waals surface area contributed by atoms with Gasteiger partial charge in [0.2, 0.25) is 0 Å². The van der Waals surface area contributed by atoms with E-state index < -0.39 is 17.7 Å². The molecule has 1 saturated heterocycles. The molecule has 2 unspecified atom stereocenters. The zero-order valence-corrected chi connectivity index (χ0v) is 15.4. The molecule has 0 aliphatic carbocycles. The van der Waals surface area contributed by atoms with Crippen LogP contribution in [0, 0.1) is 11.6 Å². The average molecular weight is 377 g/mol. The third kappa shape index (κ3) is 5.07. The molecule has 0 radical (unpaired) electrons. The molecule has 3 rings (SSSR count). The molecule has 146 valence electrons. The number of halogens is 2. The van der Waals surface area contributed by atoms with Crippen molar-refractivity contribution < 1.29 is 18.0 Å². The Balaban J connectivity index is 1.57. The van der Waals surface area contributed by atoms with E-state index in [4.69, 9.17) is 4.42 Å². The van der Waals surface area contributed by atoms with Crippen molar-refractivity contribution in [1.29, 1.82) is 0 Å². The predicted molar refractivity (Wildman–Crippen MR) is 98.2 cm³/mol. The first-order valence-electron chi connectivity index (χ1n) is 9.31. The van der Waals surface area contributed by atoms with E-state index in [0.717, 1.165) is 43.8 Å². The predicted octanol–water partition coefficient (Wildman–Crippen LogP) is 4.15. The van der Waals surface area contributed by atoms with Gasteiger partial charge in [0.05, 0.1) is 18.3 Å². The first-order chi connectivity index (χ1) is 13.0. The summed E-state index contributed by atoms with van der Waals surface area (Å²) >= 11 is 0. The second-order valence-corrected chi connectivity index (χ2v) is 6.88. The maximum absolute atomic E-state index is 13.4. The molecule has 27 heavy (non-hydrogen) atoms. The molecule has 2 N–H and O–H groups in total. The van der Waals surface area contributed by atoms with Crippen molar-refractivity contribution in [3.8, 4) is 0 Å². The Morgan fingerprint density at radius 1 is 1.19 bits per heavy atom. The third-order valence-corrected chi connectivity index (χ3v) is 4.95. The minimum absolute atomic E-state index is 0.0235. The molecule has 2 heterocycles. The molecule has 2 aromatic rings. The van der Waals surface area contributed by atoms with Crippen LogP contribution in [0.1, 0.15) is 49.6 Å². The van der Waals surface area contributed by atoms with E-state index in [-0.39, 0.29) is 12.1 Å². The fraction of sp³-hybridized carbons (Fsp3) is 0.450. The van der Waals surface area contributed by atoms with Crippen molar-refractivity contribution >= 4 is 6.03 Å². The molecule has 1 aromatic carbocycles. The summed E-state index contributed by atoms with van der Waals surface area (Å²) in [4.78, 5) is 14.6. The lowest BCUT2D eigenvalue weighted by Crippen LogP contribution is -2.44. The molecule has 7 heteroatoms. The van der Waals surface area contributed by atoms with Crippen LogP contribution >= 0.6 is 0 Å². The number of nitrogens with zero attached hydrogens (tertiary/aromatic N) is 1. The highest BCUT2D eigenvalue weighted by Gasteiger charge is 2.25. The highest BCUT2D eigenvalue weighted by molar-refractivity contribution is 5.74. The number of nitrogens with one attached hydrogen (secondary N) is 2. The molecule has 1 aromatic heterocycles. The first-order valence-corrected chi connectivity index (χ1v) is 9.31. The van der Waals surface area contributed by atoms with Crippen LogP contribution in [0.15, 0.2) is 41.0 Å². The fourth-order valence-corrected chi connectivity index (χ4v) is 3.42. The van der Waals surface area contributed by atoms with Gasteiger partial charge in [-0.05, 0) is 62.7 Å². The number of likely N-dealkylation sites (tertiary alicyclic amines) is 1. The van der Waals surface area contributed by atoms with Crippen LogP contribution in [0.4, 0.5) is 13.6 Å². The van der Waals surface area contributed by atoms with Gasteiger partial charge in [0, 0.05) is 6.54 Å². The van der Waals surface area contributed by atoms with Crippen LogP contribution in [0.5, 0.6) is 0 Å². The molecule has 1 aliphatic heterocycles. The minimum atomic E-state index is -0.926. The molecule has 2 amide bonds. The van der Waals surface area contributed by atoms with Gasteiger partial charge in [0.15, 0.2) is 11.6 Å². The van der Waals surface area contributed by atoms with E-state index in [0.29, 0.717) is 12.1 Å². The maximum Gasteiger partial charge on any atom is 0.315 e. The van der Waals surface area contributed by atoms with Crippen LogP contribution in [0.3, 0.4) is 0 Å². The Morgan fingerprint density at radius 3 is 2.63 bits per heavy atom. The smallest absolute Gasteiger partial charge is 0.315 e. The topological polar surface area (TPSA) is 57.5 Å². The van der Waals surface area contributed by atoms with Crippen molar-refractivity contribution in [3.63, 3.8) is 0 Å². The van der Waals surface area contributed by atoms with Crippen molar-refractivity contribution in [2.45, 2.75) is 38.3 Å². The monoisotopic (exact) mass is 377 g/mol. The number of furan rings is 1. The van der Waals surface area contributed by atoms with E-state index >= 15 is 0 Å². The maximum atomic E-state index is 13.4. The SMILES string of the molecule is CC(NC(=O)NCC(c1ccco1)N1CCCCC1)c1ccc(F)c(F)c1. The molecule has 1 fully saturated rings. The standard InChI is InChI=1S/C20H25F2N3O2/c1-14(15-7-8-16(21)17(22)12-15)24-20(26)23-13-18(19-6-5-11-27-19)25-9-3-2-4-10-25/h5-8,11-12,14,18H,2-4,9-10,13H2,1H3,(H2,23,24,26). The highest BCUT2D eigenvalue weighted by atomic mass is 19.2. The first kappa shape index (κ1) is 19.4. The zero-order valence-electron chi connectivity index (χ0n) is 15.4. The Labute approximate surface area is 157 Å². The second-order valence-electron chi connectivity index (χ2n) is 6.88. The van der Waals surface area contributed by atoms with E-state index in [1.807, 2.05) is 12.1 Å². The van der Waals surface area contributed by atoms with Gasteiger partial charge in [0.25, 0.3) is 0 Å². The van der Waals surface area contributed by atoms with Crippen LogP contribution in [0.2, 0.25) is 0 Å². The second kappa shape index (κ2) is 8.99. The summed E-state index contributed by atoms with van der Waals surface area (Å²) in [5.74, 6) is -1.01. The quantitative estimate of drug-likeness (QED) is 0.795. The molecule has 5 nitrogen and oxygen atoms in total. The summed E-state index contributed by atoms with van der Waals surface area (Å²) < 4.78 is 32.0. The number of benzene rings is 1. The Bertz CT molecular complexity index is 746. The van der Waals surface area contributed by atoms with Gasteiger partial charge < -0.3 is 15.1 Å². The molecular formula is C20H25F2N3O2. The van der Waals surface area contributed by atoms with Crippen molar-refractivity contribution in [2.75, 3.05) is 19.6 Å². The lowest BCUT2D eigenvalue weighted by atomic mass is 10.1. The number of urea groups is 1. The molecule has 2 atom stereocenters. The van der Waals surface area contributed by atoms with Gasteiger partial charge in [-0.15, -0.1) is 0 Å². The number of carbonyl (C=O) groups excluding carboxylic acids is 1. The summed E-state index contributed by atoms with van der Waals surface area (Å²) in [6.07, 6.45) is 5.13. The lowest BCUT2D eigenvalue weighted by molar-refractivity contribution is 0.143. The number of hydrogen-bond donors (Lipinski definition) is 2. The van der Waals surface area contributed by atoms with Gasteiger partial charge in [0.1, 0.15) is 5.76 Å². The van der Waals surface area contributed by atoms with Gasteiger partial charge in [-0.25, -0.2) is 13.6 Å². The summed E-state index contributed by atoms with van der Waals surface area (Å²) in [6.45, 7) is 4.07. The van der Waals surface area contributed by atoms with Crippen LogP contribution in [-0.2, 0) is 0 Å². The van der Waals surface area contributed by atoms with Gasteiger partial charge in [-0.3, -0.25) is 4.90 Å².